The third-order valence-electron chi connectivity index (χ3n) is 4.65. The van der Waals surface area contributed by atoms with Crippen molar-refractivity contribution in [1.29, 1.82) is 0 Å². The number of carbonyl (C=O) groups excluding carboxylic acids is 1. The summed E-state index contributed by atoms with van der Waals surface area (Å²) in [5.41, 5.74) is 0.820. The molecule has 2 aromatic carbocycles. The molecule has 0 unspecified atom stereocenters. The van der Waals surface area contributed by atoms with Crippen molar-refractivity contribution in [3.63, 3.8) is 0 Å². The summed E-state index contributed by atoms with van der Waals surface area (Å²) in [5, 5.41) is 11.4. The molecule has 0 radical (unpaired) electrons. The first-order chi connectivity index (χ1) is 11.8. The predicted molar refractivity (Wildman–Crippen MR) is 94.9 cm³/mol. The topological polar surface area (TPSA) is 69.4 Å². The van der Waals surface area contributed by atoms with E-state index in [1.165, 1.54) is 29.8 Å². The lowest BCUT2D eigenvalue weighted by Crippen LogP contribution is -2.31. The van der Waals surface area contributed by atoms with E-state index in [9.17, 15) is 14.9 Å². The zero-order valence-electron chi connectivity index (χ0n) is 13.9. The first-order valence-corrected chi connectivity index (χ1v) is 8.39. The molecule has 1 saturated carbocycles. The SMILES string of the molecule is CC(C)(OC(=O)c1ccc([N+](=O)[O-])cc1)[C@@H]1C[C@H]1c1ccc(Cl)cc1. The Labute approximate surface area is 150 Å². The smallest absolute Gasteiger partial charge is 0.338 e. The van der Waals surface area contributed by atoms with Gasteiger partial charge in [-0.1, -0.05) is 23.7 Å². The molecule has 2 atom stereocenters. The van der Waals surface area contributed by atoms with Gasteiger partial charge in [-0.25, -0.2) is 4.79 Å². The highest BCUT2D eigenvalue weighted by Gasteiger charge is 2.50. The van der Waals surface area contributed by atoms with Crippen LogP contribution in [-0.2, 0) is 4.74 Å². The Kier molecular flexibility index (Phi) is 4.52. The first-order valence-electron chi connectivity index (χ1n) is 8.01. The molecule has 130 valence electrons. The number of ether oxygens (including phenoxy) is 1. The summed E-state index contributed by atoms with van der Waals surface area (Å²) in [7, 11) is 0. The van der Waals surface area contributed by atoms with Crippen LogP contribution in [0.1, 0.15) is 42.1 Å². The second-order valence-corrected chi connectivity index (χ2v) is 7.23. The lowest BCUT2D eigenvalue weighted by molar-refractivity contribution is -0.384. The highest BCUT2D eigenvalue weighted by Crippen LogP contribution is 2.54. The van der Waals surface area contributed by atoms with E-state index in [1.807, 2.05) is 38.1 Å². The number of halogens is 1. The van der Waals surface area contributed by atoms with Gasteiger partial charge in [0.15, 0.2) is 0 Å². The monoisotopic (exact) mass is 359 g/mol. The number of hydrogen-bond acceptors (Lipinski definition) is 4. The molecule has 0 bridgehead atoms. The van der Waals surface area contributed by atoms with Crippen LogP contribution in [-0.4, -0.2) is 16.5 Å². The summed E-state index contributed by atoms with van der Waals surface area (Å²) in [6, 6.07) is 13.2. The number of rotatable bonds is 5. The molecule has 0 aliphatic heterocycles. The van der Waals surface area contributed by atoms with Gasteiger partial charge in [-0.3, -0.25) is 10.1 Å². The molecule has 0 saturated heterocycles. The van der Waals surface area contributed by atoms with E-state index in [4.69, 9.17) is 16.3 Å². The molecule has 1 fully saturated rings. The van der Waals surface area contributed by atoms with Crippen LogP contribution in [0, 0.1) is 16.0 Å². The second kappa shape index (κ2) is 6.48. The van der Waals surface area contributed by atoms with Gasteiger partial charge in [0, 0.05) is 23.1 Å². The number of nitro groups is 1. The molecule has 1 aliphatic carbocycles. The summed E-state index contributed by atoms with van der Waals surface area (Å²) in [5.74, 6) is 0.106. The molecule has 3 rings (SSSR count). The minimum absolute atomic E-state index is 0.0548. The Morgan fingerprint density at radius 1 is 1.16 bits per heavy atom. The van der Waals surface area contributed by atoms with Gasteiger partial charge in [-0.05, 0) is 56.0 Å². The second-order valence-electron chi connectivity index (χ2n) is 6.80. The highest BCUT2D eigenvalue weighted by molar-refractivity contribution is 6.30. The maximum atomic E-state index is 12.4. The third kappa shape index (κ3) is 3.82. The van der Waals surface area contributed by atoms with Gasteiger partial charge in [0.2, 0.25) is 0 Å². The van der Waals surface area contributed by atoms with E-state index in [1.54, 1.807) is 0 Å². The van der Waals surface area contributed by atoms with Crippen molar-refractivity contribution in [2.45, 2.75) is 31.8 Å². The maximum Gasteiger partial charge on any atom is 0.338 e. The minimum atomic E-state index is -0.622. The average Bonchev–Trinajstić information content (AvgIpc) is 3.37. The zero-order chi connectivity index (χ0) is 18.2. The maximum absolute atomic E-state index is 12.4. The molecular formula is C19H18ClNO4. The molecular weight excluding hydrogens is 342 g/mol. The zero-order valence-corrected chi connectivity index (χ0v) is 14.7. The quantitative estimate of drug-likeness (QED) is 0.428. The normalized spacial score (nSPS) is 19.3. The van der Waals surface area contributed by atoms with Crippen molar-refractivity contribution in [1.82, 2.24) is 0 Å². The molecule has 25 heavy (non-hydrogen) atoms. The summed E-state index contributed by atoms with van der Waals surface area (Å²) in [6.45, 7) is 3.80. The lowest BCUT2D eigenvalue weighted by atomic mass is 9.98. The first kappa shape index (κ1) is 17.4. The van der Waals surface area contributed by atoms with Crippen molar-refractivity contribution >= 4 is 23.3 Å². The Bertz CT molecular complexity index is 799. The van der Waals surface area contributed by atoms with E-state index in [0.717, 1.165) is 6.42 Å². The fourth-order valence-electron chi connectivity index (χ4n) is 3.13. The summed E-state index contributed by atoms with van der Waals surface area (Å²) >= 11 is 5.92. The van der Waals surface area contributed by atoms with E-state index in [2.05, 4.69) is 0 Å². The number of benzene rings is 2. The van der Waals surface area contributed by atoms with Gasteiger partial charge >= 0.3 is 5.97 Å². The fraction of sp³-hybridized carbons (Fsp3) is 0.316. The van der Waals surface area contributed by atoms with Crippen LogP contribution in [0.5, 0.6) is 0 Å². The van der Waals surface area contributed by atoms with Crippen molar-refractivity contribution in [3.8, 4) is 0 Å². The standard InChI is InChI=1S/C19H18ClNO4/c1-19(2,17-11-16(17)12-3-7-14(20)8-4-12)25-18(22)13-5-9-15(10-6-13)21(23)24/h3-10,16-17H,11H2,1-2H3/t16-,17+/m0/s1. The van der Waals surface area contributed by atoms with Crippen molar-refractivity contribution < 1.29 is 14.5 Å². The molecule has 0 heterocycles. The van der Waals surface area contributed by atoms with Gasteiger partial charge in [-0.15, -0.1) is 0 Å². The fourth-order valence-corrected chi connectivity index (χ4v) is 3.26. The van der Waals surface area contributed by atoms with E-state index < -0.39 is 16.5 Å². The van der Waals surface area contributed by atoms with Gasteiger partial charge < -0.3 is 4.74 Å². The van der Waals surface area contributed by atoms with Crippen LogP contribution in [0.3, 0.4) is 0 Å². The third-order valence-corrected chi connectivity index (χ3v) is 4.90. The van der Waals surface area contributed by atoms with Crippen LogP contribution in [0.15, 0.2) is 48.5 Å². The van der Waals surface area contributed by atoms with Crippen molar-refractivity contribution in [2.75, 3.05) is 0 Å². The largest absolute Gasteiger partial charge is 0.456 e. The molecule has 1 aliphatic rings. The minimum Gasteiger partial charge on any atom is -0.456 e. The molecule has 0 spiro atoms. The Balaban J connectivity index is 1.66. The average molecular weight is 360 g/mol. The van der Waals surface area contributed by atoms with Crippen LogP contribution in [0.4, 0.5) is 5.69 Å². The Morgan fingerprint density at radius 2 is 1.76 bits per heavy atom. The number of esters is 1. The van der Waals surface area contributed by atoms with Gasteiger partial charge in [0.1, 0.15) is 5.60 Å². The number of carbonyl (C=O) groups is 1. The summed E-state index contributed by atoms with van der Waals surface area (Å²) < 4.78 is 5.69. The highest BCUT2D eigenvalue weighted by atomic mass is 35.5. The lowest BCUT2D eigenvalue weighted by Gasteiger charge is -2.26. The molecule has 6 heteroatoms. The number of nitro benzene ring substituents is 1. The predicted octanol–water partition coefficient (Wildman–Crippen LogP) is 4.99. The molecule has 5 nitrogen and oxygen atoms in total. The van der Waals surface area contributed by atoms with Crippen LogP contribution < -0.4 is 0 Å². The van der Waals surface area contributed by atoms with Gasteiger partial charge in [0.05, 0.1) is 10.5 Å². The number of nitrogens with zero attached hydrogens (tertiary/aromatic N) is 1. The van der Waals surface area contributed by atoms with Crippen LogP contribution >= 0.6 is 11.6 Å². The molecule has 0 N–H and O–H groups in total. The van der Waals surface area contributed by atoms with E-state index in [0.29, 0.717) is 16.5 Å². The van der Waals surface area contributed by atoms with Crippen LogP contribution in [0.2, 0.25) is 5.02 Å². The molecule has 0 amide bonds. The Hall–Kier alpha value is -2.40. The Morgan fingerprint density at radius 3 is 2.32 bits per heavy atom. The van der Waals surface area contributed by atoms with Gasteiger partial charge in [0.25, 0.3) is 5.69 Å². The van der Waals surface area contributed by atoms with Crippen molar-refractivity contribution in [2.24, 2.45) is 5.92 Å². The summed E-state index contributed by atoms with van der Waals surface area (Å²) in [6.07, 6.45) is 0.947. The number of non-ortho nitro benzene ring substituents is 1. The number of hydrogen-bond donors (Lipinski definition) is 0. The summed E-state index contributed by atoms with van der Waals surface area (Å²) in [4.78, 5) is 22.5. The van der Waals surface area contributed by atoms with E-state index >= 15 is 0 Å². The van der Waals surface area contributed by atoms with Crippen LogP contribution in [0.25, 0.3) is 0 Å². The van der Waals surface area contributed by atoms with Crippen molar-refractivity contribution in [3.05, 3.63) is 74.8 Å². The molecule has 0 aromatic heterocycles. The molecule has 2 aromatic rings. The van der Waals surface area contributed by atoms with Gasteiger partial charge in [-0.2, -0.15) is 0 Å². The van der Waals surface area contributed by atoms with E-state index in [-0.39, 0.29) is 11.6 Å².